The Morgan fingerprint density at radius 1 is 1.12 bits per heavy atom. The molecule has 1 aromatic rings. The van der Waals surface area contributed by atoms with Gasteiger partial charge in [-0.25, -0.2) is 0 Å². The molecule has 0 atom stereocenters. The van der Waals surface area contributed by atoms with Crippen LogP contribution in [-0.4, -0.2) is 6.29 Å². The molecule has 1 aliphatic rings. The maximum absolute atomic E-state index is 11.2. The van der Waals surface area contributed by atoms with Crippen molar-refractivity contribution in [2.24, 2.45) is 0 Å². The topological polar surface area (TPSA) is 17.1 Å². The molecule has 3 heteroatoms. The van der Waals surface area contributed by atoms with E-state index in [-0.39, 0.29) is 0 Å². The molecule has 0 aliphatic heterocycles. The van der Waals surface area contributed by atoms with Crippen LogP contribution in [0.25, 0.3) is 0 Å². The Morgan fingerprint density at radius 2 is 1.76 bits per heavy atom. The van der Waals surface area contributed by atoms with Crippen LogP contribution in [0.15, 0.2) is 24.3 Å². The van der Waals surface area contributed by atoms with Gasteiger partial charge in [-0.2, -0.15) is 0 Å². The summed E-state index contributed by atoms with van der Waals surface area (Å²) >= 11 is 6.91. The van der Waals surface area contributed by atoms with Crippen LogP contribution in [0.4, 0.5) is 0 Å². The summed E-state index contributed by atoms with van der Waals surface area (Å²) < 4.78 is -0.728. The van der Waals surface area contributed by atoms with Gasteiger partial charge in [0.15, 0.2) is 9.52 Å². The average molecular weight is 360 g/mol. The number of benzene rings is 1. The summed E-state index contributed by atoms with van der Waals surface area (Å²) in [4.78, 5) is 11.2. The minimum Gasteiger partial charge on any atom is -0.300 e. The Bertz CT molecular complexity index is 395. The molecule has 0 amide bonds. The number of hydrogen-bond donors (Lipinski definition) is 0. The Morgan fingerprint density at radius 3 is 2.41 bits per heavy atom. The van der Waals surface area contributed by atoms with Crippen molar-refractivity contribution >= 4 is 38.1 Å². The second-order valence-corrected chi connectivity index (χ2v) is 8.23. The third-order valence-electron chi connectivity index (χ3n) is 3.51. The maximum Gasteiger partial charge on any atom is 0.160 e. The van der Waals surface area contributed by atoms with Gasteiger partial charge < -0.3 is 4.79 Å². The highest BCUT2D eigenvalue weighted by Crippen LogP contribution is 2.43. The number of aldehydes is 1. The van der Waals surface area contributed by atoms with E-state index in [0.717, 1.165) is 11.8 Å². The quantitative estimate of drug-likeness (QED) is 0.555. The van der Waals surface area contributed by atoms with Crippen LogP contribution in [0.5, 0.6) is 0 Å². The standard InChI is InChI=1S/C14H16Br2O/c15-14(16,10-17)13-9-5-4-8-12(13)11-6-2-1-3-7-11/h4-5,8-11H,1-3,6-7H2. The van der Waals surface area contributed by atoms with Crippen molar-refractivity contribution < 1.29 is 4.79 Å². The van der Waals surface area contributed by atoms with Crippen LogP contribution < -0.4 is 0 Å². The largest absolute Gasteiger partial charge is 0.300 e. The Balaban J connectivity index is 2.36. The molecule has 0 aromatic heterocycles. The van der Waals surface area contributed by atoms with Crippen molar-refractivity contribution in [1.29, 1.82) is 0 Å². The van der Waals surface area contributed by atoms with E-state index in [1.54, 1.807) is 0 Å². The zero-order chi connectivity index (χ0) is 12.3. The summed E-state index contributed by atoms with van der Waals surface area (Å²) in [6, 6.07) is 8.24. The predicted molar refractivity (Wildman–Crippen MR) is 77.9 cm³/mol. The number of halogens is 2. The van der Waals surface area contributed by atoms with Gasteiger partial charge in [0, 0.05) is 0 Å². The first-order valence-electron chi connectivity index (χ1n) is 6.08. The molecule has 1 aromatic carbocycles. The number of carbonyl (C=O) groups is 1. The summed E-state index contributed by atoms with van der Waals surface area (Å²) in [5.74, 6) is 0.606. The molecule has 1 aliphatic carbocycles. The van der Waals surface area contributed by atoms with Crippen LogP contribution in [0.1, 0.15) is 49.1 Å². The van der Waals surface area contributed by atoms with Crippen molar-refractivity contribution in [1.82, 2.24) is 0 Å². The third kappa shape index (κ3) is 3.00. The van der Waals surface area contributed by atoms with Crippen molar-refractivity contribution in [3.05, 3.63) is 35.4 Å². The molecular weight excluding hydrogens is 344 g/mol. The van der Waals surface area contributed by atoms with E-state index in [2.05, 4.69) is 44.0 Å². The van der Waals surface area contributed by atoms with E-state index >= 15 is 0 Å². The van der Waals surface area contributed by atoms with Crippen molar-refractivity contribution in [2.45, 2.75) is 41.3 Å². The number of hydrogen-bond acceptors (Lipinski definition) is 1. The van der Waals surface area contributed by atoms with Gasteiger partial charge in [0.1, 0.15) is 0 Å². The third-order valence-corrected chi connectivity index (χ3v) is 4.74. The van der Waals surface area contributed by atoms with E-state index in [9.17, 15) is 4.79 Å². The van der Waals surface area contributed by atoms with E-state index in [1.165, 1.54) is 37.7 Å². The van der Waals surface area contributed by atoms with Crippen LogP contribution >= 0.6 is 31.9 Å². The van der Waals surface area contributed by atoms with Gasteiger partial charge in [-0.05, 0) is 29.9 Å². The van der Waals surface area contributed by atoms with E-state index in [0.29, 0.717) is 5.92 Å². The molecule has 0 spiro atoms. The molecule has 92 valence electrons. The summed E-state index contributed by atoms with van der Waals surface area (Å²) in [7, 11) is 0. The molecule has 1 saturated carbocycles. The lowest BCUT2D eigenvalue weighted by molar-refractivity contribution is -0.107. The number of carbonyl (C=O) groups excluding carboxylic acids is 1. The fourth-order valence-corrected chi connectivity index (χ4v) is 3.36. The van der Waals surface area contributed by atoms with Gasteiger partial charge >= 0.3 is 0 Å². The van der Waals surface area contributed by atoms with Gasteiger partial charge in [-0.1, -0.05) is 75.4 Å². The summed E-state index contributed by atoms with van der Waals surface area (Å²) in [6.07, 6.45) is 7.35. The fraction of sp³-hybridized carbons (Fsp3) is 0.500. The molecular formula is C14H16Br2O. The predicted octanol–water partition coefficient (Wildman–Crippen LogP) is 4.88. The Hall–Kier alpha value is -0.150. The molecule has 2 rings (SSSR count). The average Bonchev–Trinajstić information content (AvgIpc) is 2.40. The van der Waals surface area contributed by atoms with Crippen molar-refractivity contribution in [3.8, 4) is 0 Å². The first-order chi connectivity index (χ1) is 8.15. The molecule has 0 radical (unpaired) electrons. The van der Waals surface area contributed by atoms with E-state index < -0.39 is 3.23 Å². The SMILES string of the molecule is O=CC(Br)(Br)c1ccccc1C1CCCCC1. The second kappa shape index (κ2) is 5.66. The zero-order valence-electron chi connectivity index (χ0n) is 9.66. The normalized spacial score (nSPS) is 18.0. The molecule has 0 bridgehead atoms. The van der Waals surface area contributed by atoms with Crippen LogP contribution in [0.3, 0.4) is 0 Å². The minimum atomic E-state index is -0.728. The smallest absolute Gasteiger partial charge is 0.160 e. The monoisotopic (exact) mass is 358 g/mol. The van der Waals surface area contributed by atoms with Crippen molar-refractivity contribution in [3.63, 3.8) is 0 Å². The second-order valence-electron chi connectivity index (χ2n) is 4.66. The molecule has 0 saturated heterocycles. The summed E-state index contributed by atoms with van der Waals surface area (Å²) in [5.41, 5.74) is 2.37. The summed E-state index contributed by atoms with van der Waals surface area (Å²) in [6.45, 7) is 0. The zero-order valence-corrected chi connectivity index (χ0v) is 12.8. The van der Waals surface area contributed by atoms with Crippen LogP contribution in [-0.2, 0) is 8.03 Å². The first-order valence-corrected chi connectivity index (χ1v) is 7.67. The lowest BCUT2D eigenvalue weighted by Crippen LogP contribution is -2.16. The molecule has 1 fully saturated rings. The van der Waals surface area contributed by atoms with E-state index in [1.807, 2.05) is 12.1 Å². The minimum absolute atomic E-state index is 0.606. The Labute approximate surface area is 119 Å². The van der Waals surface area contributed by atoms with E-state index in [4.69, 9.17) is 0 Å². The van der Waals surface area contributed by atoms with Gasteiger partial charge in [0.25, 0.3) is 0 Å². The van der Waals surface area contributed by atoms with Gasteiger partial charge in [0.2, 0.25) is 0 Å². The van der Waals surface area contributed by atoms with Gasteiger partial charge in [0.05, 0.1) is 0 Å². The lowest BCUT2D eigenvalue weighted by atomic mass is 9.81. The maximum atomic E-state index is 11.2. The first kappa shape index (κ1) is 13.3. The molecule has 0 heterocycles. The van der Waals surface area contributed by atoms with Crippen molar-refractivity contribution in [2.75, 3.05) is 0 Å². The highest BCUT2D eigenvalue weighted by molar-refractivity contribution is 9.25. The molecule has 0 unspecified atom stereocenters. The summed E-state index contributed by atoms with van der Waals surface area (Å²) in [5, 5.41) is 0. The molecule has 0 N–H and O–H groups in total. The van der Waals surface area contributed by atoms with Gasteiger partial charge in [-0.15, -0.1) is 0 Å². The Kier molecular flexibility index (Phi) is 4.42. The molecule has 1 nitrogen and oxygen atoms in total. The number of alkyl halides is 2. The fourth-order valence-electron chi connectivity index (χ4n) is 2.63. The molecule has 17 heavy (non-hydrogen) atoms. The lowest BCUT2D eigenvalue weighted by Gasteiger charge is -2.27. The van der Waals surface area contributed by atoms with Crippen LogP contribution in [0.2, 0.25) is 0 Å². The van der Waals surface area contributed by atoms with Gasteiger partial charge in [-0.3, -0.25) is 0 Å². The highest BCUT2D eigenvalue weighted by Gasteiger charge is 2.30. The highest BCUT2D eigenvalue weighted by atomic mass is 79.9. The van der Waals surface area contributed by atoms with Crippen LogP contribution in [0, 0.1) is 0 Å². The number of rotatable bonds is 3.